The highest BCUT2D eigenvalue weighted by atomic mass is 79.9. The number of hydrogen-bond acceptors (Lipinski definition) is 1. The average Bonchev–Trinajstić information content (AvgIpc) is 3.44. The lowest BCUT2D eigenvalue weighted by Gasteiger charge is -2.44. The number of para-hydroxylation sites is 1. The van der Waals surface area contributed by atoms with Gasteiger partial charge in [0, 0.05) is 56.4 Å². The van der Waals surface area contributed by atoms with E-state index in [2.05, 4.69) is 120 Å². The maximum Gasteiger partial charge on any atom is 0.0720 e. The zero-order chi connectivity index (χ0) is 23.2. The first-order valence-corrected chi connectivity index (χ1v) is 14.5. The quantitative estimate of drug-likeness (QED) is 0.229. The van der Waals surface area contributed by atoms with Crippen molar-refractivity contribution in [3.8, 4) is 0 Å². The van der Waals surface area contributed by atoms with Crippen LogP contribution in [0.5, 0.6) is 0 Å². The van der Waals surface area contributed by atoms with Gasteiger partial charge in [0.1, 0.15) is 0 Å². The van der Waals surface area contributed by atoms with E-state index in [9.17, 15) is 0 Å². The highest BCUT2D eigenvalue weighted by molar-refractivity contribution is 9.10. The van der Waals surface area contributed by atoms with Crippen LogP contribution in [0.2, 0.25) is 0 Å². The zero-order valence-corrected chi connectivity index (χ0v) is 23.8. The van der Waals surface area contributed by atoms with E-state index in [-0.39, 0.29) is 17.6 Å². The Balaban J connectivity index is 0.00000274. The summed E-state index contributed by atoms with van der Waals surface area (Å²) in [7, 11) is -2.06. The van der Waals surface area contributed by atoms with Gasteiger partial charge in [-0.3, -0.25) is 4.67 Å². The van der Waals surface area contributed by atoms with Gasteiger partial charge in [-0.05, 0) is 68.3 Å². The van der Waals surface area contributed by atoms with Crippen LogP contribution in [-0.4, -0.2) is 27.5 Å². The van der Waals surface area contributed by atoms with Gasteiger partial charge in [0.25, 0.3) is 0 Å². The molecule has 34 heavy (non-hydrogen) atoms. The SMILES string of the molecule is CCn1c2ccccc2c2cc(P(=Nc3ccc(Br)cc3)(N3CCCC3)C(C)(C)C)ccc21.Cl. The summed E-state index contributed by atoms with van der Waals surface area (Å²) in [5.74, 6) is 0. The first-order valence-electron chi connectivity index (χ1n) is 12.0. The van der Waals surface area contributed by atoms with Crippen molar-refractivity contribution < 1.29 is 0 Å². The molecule has 0 amide bonds. The van der Waals surface area contributed by atoms with Crippen LogP contribution >= 0.6 is 35.5 Å². The van der Waals surface area contributed by atoms with E-state index in [1.54, 1.807) is 0 Å². The van der Waals surface area contributed by atoms with Crippen LogP contribution in [0.25, 0.3) is 21.8 Å². The Kier molecular flexibility index (Phi) is 7.37. The molecule has 2 heterocycles. The van der Waals surface area contributed by atoms with Crippen LogP contribution in [0.15, 0.2) is 75.9 Å². The minimum atomic E-state index is -2.06. The van der Waals surface area contributed by atoms with Crippen molar-refractivity contribution in [3.05, 3.63) is 71.2 Å². The Morgan fingerprint density at radius 3 is 2.18 bits per heavy atom. The molecule has 180 valence electrons. The van der Waals surface area contributed by atoms with Gasteiger partial charge in [-0.15, -0.1) is 12.4 Å². The van der Waals surface area contributed by atoms with Crippen LogP contribution in [0, 0.1) is 0 Å². The van der Waals surface area contributed by atoms with Gasteiger partial charge >= 0.3 is 0 Å². The van der Waals surface area contributed by atoms with E-state index in [4.69, 9.17) is 4.74 Å². The monoisotopic (exact) mass is 557 g/mol. The summed E-state index contributed by atoms with van der Waals surface area (Å²) in [6.07, 6.45) is 2.51. The fraction of sp³-hybridized carbons (Fsp3) is 0.357. The summed E-state index contributed by atoms with van der Waals surface area (Å²) in [6, 6.07) is 24.6. The van der Waals surface area contributed by atoms with Gasteiger partial charge < -0.3 is 4.57 Å². The fourth-order valence-corrected chi connectivity index (χ4v) is 10.2. The number of fused-ring (bicyclic) bond motifs is 3. The summed E-state index contributed by atoms with van der Waals surface area (Å²) in [6.45, 7) is 12.6. The van der Waals surface area contributed by atoms with E-state index in [1.165, 1.54) is 40.0 Å². The molecule has 4 aromatic rings. The first-order chi connectivity index (χ1) is 15.8. The summed E-state index contributed by atoms with van der Waals surface area (Å²) >= 11 is 3.59. The van der Waals surface area contributed by atoms with Crippen molar-refractivity contribution in [1.29, 1.82) is 0 Å². The molecule has 1 unspecified atom stereocenters. The van der Waals surface area contributed by atoms with Crippen LogP contribution in [-0.2, 0) is 6.54 Å². The molecule has 1 aromatic heterocycles. The normalized spacial score (nSPS) is 16.5. The molecule has 0 radical (unpaired) electrons. The number of benzene rings is 3. The van der Waals surface area contributed by atoms with Gasteiger partial charge in [-0.2, -0.15) is 0 Å². The van der Waals surface area contributed by atoms with Crippen LogP contribution < -0.4 is 5.30 Å². The van der Waals surface area contributed by atoms with Crippen molar-refractivity contribution in [2.24, 2.45) is 4.74 Å². The second kappa shape index (κ2) is 9.82. The number of aryl methyl sites for hydroxylation is 1. The maximum atomic E-state index is 5.68. The lowest BCUT2D eigenvalue weighted by molar-refractivity contribution is 0.538. The lowest BCUT2D eigenvalue weighted by Crippen LogP contribution is -2.35. The second-order valence-corrected chi connectivity index (χ2v) is 14.7. The molecule has 1 fully saturated rings. The lowest BCUT2D eigenvalue weighted by atomic mass is 10.1. The maximum absolute atomic E-state index is 5.68. The van der Waals surface area contributed by atoms with Gasteiger partial charge in [-0.1, -0.05) is 54.9 Å². The highest BCUT2D eigenvalue weighted by Crippen LogP contribution is 2.65. The molecule has 0 N–H and O–H groups in total. The van der Waals surface area contributed by atoms with Crippen molar-refractivity contribution in [2.45, 2.75) is 52.2 Å². The minimum absolute atomic E-state index is 0. The third kappa shape index (κ3) is 4.17. The summed E-state index contributed by atoms with van der Waals surface area (Å²) in [5, 5.41) is 4.10. The standard InChI is InChI=1S/C28H33BrN3P.ClH/c1-5-32-26-11-7-6-10-24(26)25-20-23(16-17-27(25)32)33(28(2,3)4,31-18-8-9-19-31)30-22-14-12-21(29)13-15-22;/h6-7,10-17,20H,5,8-9,18-19H2,1-4H3;1H. The van der Waals surface area contributed by atoms with Crippen molar-refractivity contribution in [3.63, 3.8) is 0 Å². The Morgan fingerprint density at radius 1 is 0.882 bits per heavy atom. The molecule has 1 atom stereocenters. The molecule has 0 spiro atoms. The fourth-order valence-electron chi connectivity index (χ4n) is 5.49. The molecule has 1 saturated heterocycles. The van der Waals surface area contributed by atoms with Gasteiger partial charge in [-0.25, -0.2) is 4.74 Å². The van der Waals surface area contributed by atoms with Crippen LogP contribution in [0.4, 0.5) is 5.69 Å². The minimum Gasteiger partial charge on any atom is -0.341 e. The van der Waals surface area contributed by atoms with Crippen molar-refractivity contribution in [1.82, 2.24) is 9.24 Å². The molecule has 0 bridgehead atoms. The van der Waals surface area contributed by atoms with Crippen molar-refractivity contribution >= 4 is 68.3 Å². The number of aromatic nitrogens is 1. The van der Waals surface area contributed by atoms with E-state index in [0.717, 1.165) is 29.8 Å². The van der Waals surface area contributed by atoms with E-state index >= 15 is 0 Å². The summed E-state index contributed by atoms with van der Waals surface area (Å²) < 4.78 is 11.9. The number of hydrogen-bond donors (Lipinski definition) is 0. The Labute approximate surface area is 218 Å². The predicted octanol–water partition coefficient (Wildman–Crippen LogP) is 8.97. The van der Waals surface area contributed by atoms with Crippen LogP contribution in [0.1, 0.15) is 40.5 Å². The highest BCUT2D eigenvalue weighted by Gasteiger charge is 2.42. The van der Waals surface area contributed by atoms with Gasteiger partial charge in [0.2, 0.25) is 0 Å². The molecule has 3 aromatic carbocycles. The number of halogens is 2. The molecule has 5 rings (SSSR count). The summed E-state index contributed by atoms with van der Waals surface area (Å²) in [5.41, 5.74) is 3.71. The first kappa shape index (κ1) is 25.5. The third-order valence-electron chi connectivity index (χ3n) is 6.95. The van der Waals surface area contributed by atoms with E-state index in [0.29, 0.717) is 0 Å². The molecular formula is C28H34BrClN3P. The molecule has 6 heteroatoms. The Bertz CT molecular complexity index is 1360. The second-order valence-electron chi connectivity index (χ2n) is 9.97. The smallest absolute Gasteiger partial charge is 0.0720 e. The predicted molar refractivity (Wildman–Crippen MR) is 156 cm³/mol. The van der Waals surface area contributed by atoms with E-state index < -0.39 is 7.21 Å². The van der Waals surface area contributed by atoms with Gasteiger partial charge in [0.05, 0.1) is 12.9 Å². The molecule has 0 aliphatic carbocycles. The Hall–Kier alpha value is -1.58. The molecule has 1 aliphatic heterocycles. The average molecular weight is 559 g/mol. The van der Waals surface area contributed by atoms with Crippen LogP contribution in [0.3, 0.4) is 0 Å². The molecular weight excluding hydrogens is 525 g/mol. The third-order valence-corrected chi connectivity index (χ3v) is 12.1. The largest absolute Gasteiger partial charge is 0.341 e. The van der Waals surface area contributed by atoms with E-state index in [1.807, 2.05) is 0 Å². The molecule has 3 nitrogen and oxygen atoms in total. The molecule has 0 saturated carbocycles. The van der Waals surface area contributed by atoms with Crippen molar-refractivity contribution in [2.75, 3.05) is 13.1 Å². The summed E-state index contributed by atoms with van der Waals surface area (Å²) in [4.78, 5) is 0. The zero-order valence-electron chi connectivity index (χ0n) is 20.5. The number of rotatable bonds is 4. The number of nitrogens with zero attached hydrogens (tertiary/aromatic N) is 3. The van der Waals surface area contributed by atoms with Gasteiger partial charge in [0.15, 0.2) is 0 Å². The molecule has 1 aliphatic rings. The topological polar surface area (TPSA) is 20.5 Å². The Morgan fingerprint density at radius 2 is 1.53 bits per heavy atom.